The Kier molecular flexibility index (Phi) is 7.32. The number of nitrogens with zero attached hydrogens (tertiary/aromatic N) is 1. The van der Waals surface area contributed by atoms with Crippen molar-refractivity contribution in [3.05, 3.63) is 58.6 Å². The predicted molar refractivity (Wildman–Crippen MR) is 113 cm³/mol. The summed E-state index contributed by atoms with van der Waals surface area (Å²) in [5.41, 5.74) is 2.16. The Labute approximate surface area is 171 Å². The number of anilines is 1. The summed E-state index contributed by atoms with van der Waals surface area (Å²) in [4.78, 5) is 12.7. The Hall–Kier alpha value is -2.25. The van der Waals surface area contributed by atoms with Crippen LogP contribution in [0.5, 0.6) is 5.75 Å². The number of sulfonamides is 1. The number of carbonyl (C=O) groups is 1. The molecule has 0 saturated carbocycles. The fourth-order valence-electron chi connectivity index (χ4n) is 2.94. The average Bonchev–Trinajstić information content (AvgIpc) is 2.64. The molecule has 1 N–H and O–H groups in total. The molecule has 0 aliphatic heterocycles. The fourth-order valence-corrected chi connectivity index (χ4v) is 4.10. The lowest BCUT2D eigenvalue weighted by atomic mass is 10.0. The van der Waals surface area contributed by atoms with Crippen molar-refractivity contribution in [3.63, 3.8) is 0 Å². The van der Waals surface area contributed by atoms with E-state index < -0.39 is 15.9 Å². The van der Waals surface area contributed by atoms with Gasteiger partial charge >= 0.3 is 0 Å². The minimum atomic E-state index is -3.69. The van der Waals surface area contributed by atoms with Gasteiger partial charge in [0.2, 0.25) is 15.9 Å². The highest BCUT2D eigenvalue weighted by Crippen LogP contribution is 2.27. The fraction of sp³-hybridized carbons (Fsp3) is 0.350. The number of carbonyl (C=O) groups excluding carboxylic acids is 1. The number of benzene rings is 2. The van der Waals surface area contributed by atoms with Crippen molar-refractivity contribution in [1.82, 2.24) is 5.32 Å². The van der Waals surface area contributed by atoms with Crippen LogP contribution in [0.4, 0.5) is 5.69 Å². The highest BCUT2D eigenvalue weighted by atomic mass is 35.5. The molecule has 0 spiro atoms. The third-order valence-electron chi connectivity index (χ3n) is 4.37. The molecule has 1 amide bonds. The highest BCUT2D eigenvalue weighted by Gasteiger charge is 2.24. The molecule has 0 heterocycles. The molecule has 152 valence electrons. The Bertz CT molecular complexity index is 947. The van der Waals surface area contributed by atoms with E-state index in [2.05, 4.69) is 5.32 Å². The van der Waals surface area contributed by atoms with Crippen LogP contribution in [0.25, 0.3) is 0 Å². The molecular weight excluding hydrogens is 400 g/mol. The van der Waals surface area contributed by atoms with Gasteiger partial charge in [-0.25, -0.2) is 8.42 Å². The van der Waals surface area contributed by atoms with E-state index in [0.717, 1.165) is 27.4 Å². The normalized spacial score (nSPS) is 12.3. The summed E-state index contributed by atoms with van der Waals surface area (Å²) < 4.78 is 30.7. The van der Waals surface area contributed by atoms with Crippen LogP contribution in [-0.2, 0) is 14.8 Å². The molecule has 0 unspecified atom stereocenters. The van der Waals surface area contributed by atoms with Gasteiger partial charge in [0.05, 0.1) is 30.1 Å². The standard InChI is InChI=1S/C20H25ClN2O4S/c1-5-17(15-10-11-19(27-3)14(2)12-15)22-20(24)13-23(28(4,25)26)18-9-7-6-8-16(18)21/h6-12,17H,5,13H2,1-4H3,(H,22,24)/t17-/m0/s1. The first-order valence-electron chi connectivity index (χ1n) is 8.83. The molecule has 2 aromatic carbocycles. The third-order valence-corrected chi connectivity index (χ3v) is 5.82. The number of hydrogen-bond acceptors (Lipinski definition) is 4. The molecule has 2 aromatic rings. The van der Waals surface area contributed by atoms with Crippen molar-refractivity contribution in [1.29, 1.82) is 0 Å². The number of rotatable bonds is 8. The number of halogens is 1. The van der Waals surface area contributed by atoms with Crippen molar-refractivity contribution < 1.29 is 17.9 Å². The molecule has 0 saturated heterocycles. The molecule has 1 atom stereocenters. The smallest absolute Gasteiger partial charge is 0.241 e. The molecule has 8 heteroatoms. The molecule has 6 nitrogen and oxygen atoms in total. The third kappa shape index (κ3) is 5.39. The highest BCUT2D eigenvalue weighted by molar-refractivity contribution is 7.92. The van der Waals surface area contributed by atoms with Crippen molar-refractivity contribution in [2.75, 3.05) is 24.2 Å². The van der Waals surface area contributed by atoms with Gasteiger partial charge in [-0.3, -0.25) is 9.10 Å². The topological polar surface area (TPSA) is 75.7 Å². The van der Waals surface area contributed by atoms with Crippen LogP contribution in [0.3, 0.4) is 0 Å². The molecule has 0 fully saturated rings. The molecule has 28 heavy (non-hydrogen) atoms. The summed E-state index contributed by atoms with van der Waals surface area (Å²) >= 11 is 6.13. The van der Waals surface area contributed by atoms with Crippen molar-refractivity contribution in [2.24, 2.45) is 0 Å². The SMILES string of the molecule is CC[C@H](NC(=O)CN(c1ccccc1Cl)S(C)(=O)=O)c1ccc(OC)c(C)c1. The summed E-state index contributed by atoms with van der Waals surface area (Å²) in [6, 6.07) is 12.0. The van der Waals surface area contributed by atoms with Gasteiger partial charge in [-0.15, -0.1) is 0 Å². The van der Waals surface area contributed by atoms with Gasteiger partial charge < -0.3 is 10.1 Å². The van der Waals surface area contributed by atoms with Crippen LogP contribution in [0.15, 0.2) is 42.5 Å². The van der Waals surface area contributed by atoms with E-state index in [1.54, 1.807) is 31.4 Å². The number of para-hydroxylation sites is 1. The van der Waals surface area contributed by atoms with E-state index in [1.165, 1.54) is 0 Å². The van der Waals surface area contributed by atoms with E-state index >= 15 is 0 Å². The number of methoxy groups -OCH3 is 1. The summed E-state index contributed by atoms with van der Waals surface area (Å²) in [6.45, 7) is 3.53. The van der Waals surface area contributed by atoms with Crippen LogP contribution >= 0.6 is 11.6 Å². The molecule has 0 radical (unpaired) electrons. The Morgan fingerprint density at radius 3 is 2.46 bits per heavy atom. The lowest BCUT2D eigenvalue weighted by molar-refractivity contribution is -0.120. The molecule has 0 aliphatic rings. The quantitative estimate of drug-likeness (QED) is 0.701. The van der Waals surface area contributed by atoms with Crippen LogP contribution in [0, 0.1) is 6.92 Å². The lowest BCUT2D eigenvalue weighted by Crippen LogP contribution is -2.41. The van der Waals surface area contributed by atoms with Gasteiger partial charge in [-0.1, -0.05) is 42.8 Å². The number of hydrogen-bond donors (Lipinski definition) is 1. The molecule has 2 rings (SSSR count). The zero-order chi connectivity index (χ0) is 20.9. The maximum Gasteiger partial charge on any atom is 0.241 e. The van der Waals surface area contributed by atoms with Crippen LogP contribution in [-0.4, -0.2) is 34.2 Å². The largest absolute Gasteiger partial charge is 0.496 e. The first-order valence-corrected chi connectivity index (χ1v) is 11.1. The van der Waals surface area contributed by atoms with Gasteiger partial charge in [-0.05, 0) is 42.7 Å². The molecule has 0 aromatic heterocycles. The van der Waals surface area contributed by atoms with Crippen molar-refractivity contribution in [2.45, 2.75) is 26.3 Å². The van der Waals surface area contributed by atoms with E-state index in [4.69, 9.17) is 16.3 Å². The van der Waals surface area contributed by atoms with Crippen LogP contribution in [0.1, 0.15) is 30.5 Å². The summed E-state index contributed by atoms with van der Waals surface area (Å²) in [5.74, 6) is 0.359. The molecular formula is C20H25ClN2O4S. The summed E-state index contributed by atoms with van der Waals surface area (Å²) in [5, 5.41) is 3.17. The maximum atomic E-state index is 12.7. The maximum absolute atomic E-state index is 12.7. The van der Waals surface area contributed by atoms with Gasteiger partial charge in [0.15, 0.2) is 0 Å². The van der Waals surface area contributed by atoms with E-state index in [0.29, 0.717) is 6.42 Å². The second-order valence-corrected chi connectivity index (χ2v) is 8.79. The van der Waals surface area contributed by atoms with Gasteiger partial charge in [0.1, 0.15) is 12.3 Å². The van der Waals surface area contributed by atoms with E-state index in [-0.39, 0.29) is 23.3 Å². The first kappa shape index (κ1) is 22.0. The zero-order valence-electron chi connectivity index (χ0n) is 16.4. The predicted octanol–water partition coefficient (Wildman–Crippen LogP) is 3.69. The van der Waals surface area contributed by atoms with E-state index in [9.17, 15) is 13.2 Å². The Balaban J connectivity index is 2.21. The van der Waals surface area contributed by atoms with Crippen molar-refractivity contribution >= 4 is 33.2 Å². The average molecular weight is 425 g/mol. The Morgan fingerprint density at radius 2 is 1.93 bits per heavy atom. The monoisotopic (exact) mass is 424 g/mol. The van der Waals surface area contributed by atoms with Crippen LogP contribution in [0.2, 0.25) is 5.02 Å². The second kappa shape index (κ2) is 9.30. The summed E-state index contributed by atoms with van der Waals surface area (Å²) in [6.07, 6.45) is 1.70. The first-order chi connectivity index (χ1) is 13.2. The zero-order valence-corrected chi connectivity index (χ0v) is 18.0. The lowest BCUT2D eigenvalue weighted by Gasteiger charge is -2.25. The second-order valence-electron chi connectivity index (χ2n) is 6.48. The number of amides is 1. The van der Waals surface area contributed by atoms with Crippen molar-refractivity contribution in [3.8, 4) is 5.75 Å². The minimum absolute atomic E-state index is 0.246. The Morgan fingerprint density at radius 1 is 1.25 bits per heavy atom. The van der Waals surface area contributed by atoms with Gasteiger partial charge in [-0.2, -0.15) is 0 Å². The van der Waals surface area contributed by atoms with Gasteiger partial charge in [0, 0.05) is 0 Å². The summed E-state index contributed by atoms with van der Waals surface area (Å²) in [7, 11) is -2.08. The molecule has 0 bridgehead atoms. The minimum Gasteiger partial charge on any atom is -0.496 e. The molecule has 0 aliphatic carbocycles. The van der Waals surface area contributed by atoms with E-state index in [1.807, 2.05) is 32.0 Å². The van der Waals surface area contributed by atoms with Gasteiger partial charge in [0.25, 0.3) is 0 Å². The number of nitrogens with one attached hydrogen (secondary N) is 1. The number of ether oxygens (including phenoxy) is 1. The number of aryl methyl sites for hydroxylation is 1. The van der Waals surface area contributed by atoms with Crippen LogP contribution < -0.4 is 14.4 Å².